The first kappa shape index (κ1) is 14.5. The maximum Gasteiger partial charge on any atom is 0.0723 e. The number of benzene rings is 1. The smallest absolute Gasteiger partial charge is 0.0723 e. The standard InChI is InChI=1S/C18H21BrN2O/c19-14-3-4-16-15(12-14)17(5-8-20-16)21-9-6-13(7-10-21)18-2-1-11-22-18/h3-5,8,12-13,18H,1-2,6-7,9-11H2. The van der Waals surface area contributed by atoms with Crippen molar-refractivity contribution in [3.63, 3.8) is 0 Å². The molecule has 3 heterocycles. The minimum absolute atomic E-state index is 0.519. The lowest BCUT2D eigenvalue weighted by molar-refractivity contribution is 0.0532. The fourth-order valence-electron chi connectivity index (χ4n) is 3.87. The van der Waals surface area contributed by atoms with Crippen molar-refractivity contribution in [1.29, 1.82) is 0 Å². The van der Waals surface area contributed by atoms with E-state index in [0.717, 1.165) is 35.6 Å². The first-order chi connectivity index (χ1) is 10.8. The molecule has 0 radical (unpaired) electrons. The van der Waals surface area contributed by atoms with Crippen molar-refractivity contribution in [1.82, 2.24) is 4.98 Å². The van der Waals surface area contributed by atoms with Gasteiger partial charge in [-0.3, -0.25) is 4.98 Å². The number of hydrogen-bond acceptors (Lipinski definition) is 3. The van der Waals surface area contributed by atoms with E-state index in [2.05, 4.69) is 50.1 Å². The van der Waals surface area contributed by atoms with E-state index in [9.17, 15) is 0 Å². The Kier molecular flexibility index (Phi) is 4.05. The summed E-state index contributed by atoms with van der Waals surface area (Å²) < 4.78 is 7.00. The van der Waals surface area contributed by atoms with Crippen LogP contribution in [0, 0.1) is 5.92 Å². The Bertz CT molecular complexity index is 661. The molecule has 1 unspecified atom stereocenters. The SMILES string of the molecule is Brc1ccc2nccc(N3CCC(C4CCCO4)CC3)c2c1. The van der Waals surface area contributed by atoms with Gasteiger partial charge in [0.1, 0.15) is 0 Å². The minimum atomic E-state index is 0.519. The van der Waals surface area contributed by atoms with Gasteiger partial charge in [-0.05, 0) is 55.9 Å². The lowest BCUT2D eigenvalue weighted by atomic mass is 9.89. The number of hydrogen-bond donors (Lipinski definition) is 0. The quantitative estimate of drug-likeness (QED) is 0.793. The molecule has 4 rings (SSSR count). The number of pyridine rings is 1. The molecule has 0 aliphatic carbocycles. The van der Waals surface area contributed by atoms with Gasteiger partial charge < -0.3 is 9.64 Å². The van der Waals surface area contributed by atoms with Crippen molar-refractivity contribution in [3.8, 4) is 0 Å². The first-order valence-electron chi connectivity index (χ1n) is 8.22. The van der Waals surface area contributed by atoms with E-state index in [0.29, 0.717) is 6.10 Å². The molecule has 0 spiro atoms. The van der Waals surface area contributed by atoms with Crippen LogP contribution in [0.1, 0.15) is 25.7 Å². The number of piperidine rings is 1. The zero-order valence-corrected chi connectivity index (χ0v) is 14.3. The van der Waals surface area contributed by atoms with E-state index in [1.807, 2.05) is 6.20 Å². The van der Waals surface area contributed by atoms with E-state index in [1.54, 1.807) is 0 Å². The Morgan fingerprint density at radius 3 is 2.77 bits per heavy atom. The van der Waals surface area contributed by atoms with Crippen LogP contribution in [0.2, 0.25) is 0 Å². The van der Waals surface area contributed by atoms with Crippen molar-refractivity contribution in [3.05, 3.63) is 34.9 Å². The van der Waals surface area contributed by atoms with Crippen molar-refractivity contribution in [2.75, 3.05) is 24.6 Å². The monoisotopic (exact) mass is 360 g/mol. The van der Waals surface area contributed by atoms with E-state index in [1.165, 1.54) is 36.8 Å². The normalized spacial score (nSPS) is 23.3. The molecule has 0 N–H and O–H groups in total. The lowest BCUT2D eigenvalue weighted by Crippen LogP contribution is -2.37. The second kappa shape index (κ2) is 6.17. The van der Waals surface area contributed by atoms with E-state index in [-0.39, 0.29) is 0 Å². The Morgan fingerprint density at radius 1 is 1.14 bits per heavy atom. The maximum atomic E-state index is 5.88. The fourth-order valence-corrected chi connectivity index (χ4v) is 4.23. The number of fused-ring (bicyclic) bond motifs is 1. The van der Waals surface area contributed by atoms with Crippen LogP contribution in [0.5, 0.6) is 0 Å². The van der Waals surface area contributed by atoms with Crippen LogP contribution in [0.3, 0.4) is 0 Å². The summed E-state index contributed by atoms with van der Waals surface area (Å²) in [6.07, 6.45) is 7.43. The van der Waals surface area contributed by atoms with Crippen LogP contribution in [-0.2, 0) is 4.74 Å². The first-order valence-corrected chi connectivity index (χ1v) is 9.01. The Labute approximate surface area is 139 Å². The molecule has 0 bridgehead atoms. The molecule has 116 valence electrons. The van der Waals surface area contributed by atoms with Crippen molar-refractivity contribution in [2.45, 2.75) is 31.8 Å². The van der Waals surface area contributed by atoms with Crippen LogP contribution in [-0.4, -0.2) is 30.8 Å². The molecule has 0 saturated carbocycles. The van der Waals surface area contributed by atoms with Gasteiger partial charge in [-0.1, -0.05) is 15.9 Å². The molecule has 0 amide bonds. The summed E-state index contributed by atoms with van der Waals surface area (Å²) in [5.41, 5.74) is 2.39. The molecular weight excluding hydrogens is 340 g/mol. The Balaban J connectivity index is 1.55. The lowest BCUT2D eigenvalue weighted by Gasteiger charge is -2.36. The summed E-state index contributed by atoms with van der Waals surface area (Å²) in [7, 11) is 0. The second-order valence-corrected chi connectivity index (χ2v) is 7.28. The number of ether oxygens (including phenoxy) is 1. The molecule has 3 nitrogen and oxygen atoms in total. The summed E-state index contributed by atoms with van der Waals surface area (Å²) in [5.74, 6) is 0.749. The molecule has 2 aliphatic heterocycles. The molecule has 4 heteroatoms. The van der Waals surface area contributed by atoms with E-state index < -0.39 is 0 Å². The van der Waals surface area contributed by atoms with Crippen molar-refractivity contribution < 1.29 is 4.74 Å². The molecule has 1 aromatic heterocycles. The summed E-state index contributed by atoms with van der Waals surface area (Å²) in [5, 5.41) is 1.24. The highest BCUT2D eigenvalue weighted by Gasteiger charge is 2.29. The van der Waals surface area contributed by atoms with Crippen LogP contribution >= 0.6 is 15.9 Å². The highest BCUT2D eigenvalue weighted by Crippen LogP contribution is 2.34. The van der Waals surface area contributed by atoms with Gasteiger partial charge in [-0.15, -0.1) is 0 Å². The number of aromatic nitrogens is 1. The molecule has 2 aliphatic rings. The van der Waals surface area contributed by atoms with Crippen LogP contribution in [0.25, 0.3) is 10.9 Å². The summed E-state index contributed by atoms with van der Waals surface area (Å²) in [4.78, 5) is 7.00. The van der Waals surface area contributed by atoms with Gasteiger partial charge in [0, 0.05) is 41.4 Å². The number of anilines is 1. The van der Waals surface area contributed by atoms with Gasteiger partial charge in [-0.25, -0.2) is 0 Å². The molecule has 2 aromatic rings. The van der Waals surface area contributed by atoms with E-state index in [4.69, 9.17) is 4.74 Å². The minimum Gasteiger partial charge on any atom is -0.378 e. The topological polar surface area (TPSA) is 25.4 Å². The molecule has 22 heavy (non-hydrogen) atoms. The molecule has 1 aromatic carbocycles. The van der Waals surface area contributed by atoms with Crippen molar-refractivity contribution in [2.24, 2.45) is 5.92 Å². The van der Waals surface area contributed by atoms with E-state index >= 15 is 0 Å². The number of rotatable bonds is 2. The van der Waals surface area contributed by atoms with Crippen LogP contribution in [0.4, 0.5) is 5.69 Å². The molecule has 2 saturated heterocycles. The Morgan fingerprint density at radius 2 is 2.00 bits per heavy atom. The largest absolute Gasteiger partial charge is 0.378 e. The average molecular weight is 361 g/mol. The van der Waals surface area contributed by atoms with Crippen LogP contribution in [0.15, 0.2) is 34.9 Å². The number of nitrogens with zero attached hydrogens (tertiary/aromatic N) is 2. The van der Waals surface area contributed by atoms with Gasteiger partial charge in [0.2, 0.25) is 0 Å². The third-order valence-corrected chi connectivity index (χ3v) is 5.54. The van der Waals surface area contributed by atoms with Gasteiger partial charge in [-0.2, -0.15) is 0 Å². The van der Waals surface area contributed by atoms with Crippen molar-refractivity contribution >= 4 is 32.5 Å². The zero-order valence-electron chi connectivity index (χ0n) is 12.7. The zero-order chi connectivity index (χ0) is 14.9. The predicted molar refractivity (Wildman–Crippen MR) is 93.4 cm³/mol. The average Bonchev–Trinajstić information content (AvgIpc) is 3.09. The second-order valence-electron chi connectivity index (χ2n) is 6.37. The number of halogens is 1. The molecular formula is C18H21BrN2O. The van der Waals surface area contributed by atoms with Gasteiger partial charge in [0.25, 0.3) is 0 Å². The highest BCUT2D eigenvalue weighted by atomic mass is 79.9. The van der Waals surface area contributed by atoms with Crippen LogP contribution < -0.4 is 4.90 Å². The fraction of sp³-hybridized carbons (Fsp3) is 0.500. The molecule has 2 fully saturated rings. The maximum absolute atomic E-state index is 5.88. The Hall–Kier alpha value is -1.13. The van der Waals surface area contributed by atoms with Gasteiger partial charge in [0.05, 0.1) is 11.6 Å². The predicted octanol–water partition coefficient (Wildman–Crippen LogP) is 4.39. The van der Waals surface area contributed by atoms with Gasteiger partial charge in [0.15, 0.2) is 0 Å². The summed E-state index contributed by atoms with van der Waals surface area (Å²) in [6, 6.07) is 8.48. The molecule has 1 atom stereocenters. The third-order valence-electron chi connectivity index (χ3n) is 5.05. The highest BCUT2D eigenvalue weighted by molar-refractivity contribution is 9.10. The van der Waals surface area contributed by atoms with Gasteiger partial charge >= 0.3 is 0 Å². The summed E-state index contributed by atoms with van der Waals surface area (Å²) in [6.45, 7) is 3.21. The third kappa shape index (κ3) is 2.74. The summed E-state index contributed by atoms with van der Waals surface area (Å²) >= 11 is 3.58.